The molecule has 1 fully saturated rings. The van der Waals surface area contributed by atoms with Crippen LogP contribution in [0.5, 0.6) is 0 Å². The molecule has 1 aliphatic rings. The first-order chi connectivity index (χ1) is 17.6. The van der Waals surface area contributed by atoms with E-state index < -0.39 is 0 Å². The van der Waals surface area contributed by atoms with Crippen LogP contribution >= 0.6 is 0 Å². The average Bonchev–Trinajstić information content (AvgIpc) is 3.19. The second-order valence-corrected chi connectivity index (χ2v) is 11.8. The van der Waals surface area contributed by atoms with Gasteiger partial charge in [-0.05, 0) is 92.7 Å². The Labute approximate surface area is 226 Å². The summed E-state index contributed by atoms with van der Waals surface area (Å²) in [6.07, 6.45) is 12.1. The van der Waals surface area contributed by atoms with Crippen molar-refractivity contribution in [2.75, 3.05) is 0 Å². The van der Waals surface area contributed by atoms with Gasteiger partial charge in [-0.15, -0.1) is 0 Å². The van der Waals surface area contributed by atoms with E-state index in [1.165, 1.54) is 59.9 Å². The van der Waals surface area contributed by atoms with Crippen molar-refractivity contribution in [3.63, 3.8) is 0 Å². The average molecular weight is 500 g/mol. The largest absolute Gasteiger partial charge is 0.324 e. The van der Waals surface area contributed by atoms with E-state index in [-0.39, 0.29) is 0 Å². The van der Waals surface area contributed by atoms with Crippen LogP contribution in [0, 0.1) is 17.8 Å². The van der Waals surface area contributed by atoms with Crippen LogP contribution < -0.4 is 0 Å². The molecule has 1 aliphatic carbocycles. The molecule has 2 aromatic rings. The van der Waals surface area contributed by atoms with Crippen molar-refractivity contribution in [1.29, 1.82) is 0 Å². The minimum absolute atomic E-state index is 0.372. The molecular weight excluding hydrogens is 450 g/mol. The molecule has 3 nitrogen and oxygen atoms in total. The molecule has 1 aromatic heterocycles. The lowest BCUT2D eigenvalue weighted by Gasteiger charge is -2.23. The highest BCUT2D eigenvalue weighted by atomic mass is 15.1. The summed E-state index contributed by atoms with van der Waals surface area (Å²) < 4.78 is 2.47. The van der Waals surface area contributed by atoms with Gasteiger partial charge in [-0.3, -0.25) is 4.99 Å². The predicted octanol–water partition coefficient (Wildman–Crippen LogP) is 9.74. The molecule has 0 radical (unpaired) electrons. The second-order valence-electron chi connectivity index (χ2n) is 11.8. The Morgan fingerprint density at radius 2 is 1.81 bits per heavy atom. The zero-order chi connectivity index (χ0) is 27.1. The summed E-state index contributed by atoms with van der Waals surface area (Å²) >= 11 is 0. The molecule has 0 atom stereocenters. The summed E-state index contributed by atoms with van der Waals surface area (Å²) in [6.45, 7) is 25.4. The first-order valence-electron chi connectivity index (χ1n) is 14.3. The summed E-state index contributed by atoms with van der Waals surface area (Å²) in [7, 11) is 0. The Morgan fingerprint density at radius 3 is 2.41 bits per heavy atom. The van der Waals surface area contributed by atoms with Gasteiger partial charge in [0.2, 0.25) is 0 Å². The summed E-state index contributed by atoms with van der Waals surface area (Å²) in [6, 6.07) is 6.74. The molecule has 1 aromatic carbocycles. The molecule has 0 spiro atoms. The van der Waals surface area contributed by atoms with Gasteiger partial charge >= 0.3 is 0 Å². The molecule has 3 heteroatoms. The van der Waals surface area contributed by atoms with Gasteiger partial charge in [0.15, 0.2) is 0 Å². The Balaban J connectivity index is 2.01. The molecule has 37 heavy (non-hydrogen) atoms. The van der Waals surface area contributed by atoms with E-state index in [2.05, 4.69) is 96.5 Å². The van der Waals surface area contributed by atoms with Crippen molar-refractivity contribution in [1.82, 2.24) is 9.55 Å². The molecule has 0 aliphatic heterocycles. The number of rotatable bonds is 11. The van der Waals surface area contributed by atoms with Crippen LogP contribution in [0.25, 0.3) is 16.6 Å². The zero-order valence-electron chi connectivity index (χ0n) is 24.5. The Bertz CT molecular complexity index is 1190. The lowest BCUT2D eigenvalue weighted by atomic mass is 9.89. The molecular formula is C34H49N3. The Hall–Kier alpha value is -2.68. The van der Waals surface area contributed by atoms with Crippen LogP contribution in [0.15, 0.2) is 65.2 Å². The molecule has 0 amide bonds. The smallest absolute Gasteiger partial charge is 0.140 e. The minimum atomic E-state index is 0.372. The van der Waals surface area contributed by atoms with Crippen LogP contribution in [0.2, 0.25) is 0 Å². The van der Waals surface area contributed by atoms with E-state index >= 15 is 0 Å². The van der Waals surface area contributed by atoms with E-state index in [0.717, 1.165) is 41.5 Å². The fraction of sp³-hybridized carbons (Fsp3) is 0.529. The molecule has 200 valence electrons. The van der Waals surface area contributed by atoms with E-state index in [1.54, 1.807) is 0 Å². The standard InChI is InChI=1S/C34H49N3/c1-10-30(19-26(8)24(4)5)34-36-31-20-29(21-35-33(25(6)7)27(9)18-23(2)3)16-17-32(31)37(34)22-28-14-12-11-13-15-28/h10,16-17,19-20,23,25,28H,4,9,11-15,18,21-22H2,1-3,5-8H3/b26-19-,30-10+,35-33?. The number of imidazole rings is 1. The summed E-state index contributed by atoms with van der Waals surface area (Å²) in [4.78, 5) is 10.3. The van der Waals surface area contributed by atoms with Gasteiger partial charge in [-0.1, -0.05) is 77.8 Å². The van der Waals surface area contributed by atoms with Crippen molar-refractivity contribution in [2.24, 2.45) is 22.7 Å². The number of hydrogen-bond donors (Lipinski definition) is 0. The topological polar surface area (TPSA) is 30.2 Å². The first kappa shape index (κ1) is 28.9. The monoisotopic (exact) mass is 499 g/mol. The van der Waals surface area contributed by atoms with Crippen molar-refractivity contribution in [3.8, 4) is 0 Å². The number of aliphatic imine (C=N–C) groups is 1. The fourth-order valence-corrected chi connectivity index (χ4v) is 5.42. The van der Waals surface area contributed by atoms with E-state index in [1.807, 2.05) is 0 Å². The molecule has 0 N–H and O–H groups in total. The third-order valence-electron chi connectivity index (χ3n) is 7.59. The maximum atomic E-state index is 5.21. The molecule has 0 saturated heterocycles. The van der Waals surface area contributed by atoms with Crippen LogP contribution in [-0.4, -0.2) is 15.3 Å². The minimum Gasteiger partial charge on any atom is -0.324 e. The number of nitrogens with zero attached hydrogens (tertiary/aromatic N) is 3. The third-order valence-corrected chi connectivity index (χ3v) is 7.59. The second kappa shape index (κ2) is 13.2. The number of aromatic nitrogens is 2. The summed E-state index contributed by atoms with van der Waals surface area (Å²) in [5, 5.41) is 0. The maximum Gasteiger partial charge on any atom is 0.140 e. The van der Waals surface area contributed by atoms with E-state index in [0.29, 0.717) is 18.4 Å². The van der Waals surface area contributed by atoms with Crippen LogP contribution in [0.3, 0.4) is 0 Å². The molecule has 3 rings (SSSR count). The number of hydrogen-bond acceptors (Lipinski definition) is 2. The van der Waals surface area contributed by atoms with E-state index in [9.17, 15) is 0 Å². The highest BCUT2D eigenvalue weighted by Gasteiger charge is 2.20. The molecule has 1 saturated carbocycles. The van der Waals surface area contributed by atoms with Gasteiger partial charge in [0.05, 0.1) is 17.6 Å². The van der Waals surface area contributed by atoms with Crippen LogP contribution in [-0.2, 0) is 13.1 Å². The van der Waals surface area contributed by atoms with Gasteiger partial charge in [-0.2, -0.15) is 0 Å². The molecule has 1 heterocycles. The Morgan fingerprint density at radius 1 is 1.11 bits per heavy atom. The van der Waals surface area contributed by atoms with Gasteiger partial charge in [0, 0.05) is 17.8 Å². The van der Waals surface area contributed by atoms with Crippen molar-refractivity contribution in [2.45, 2.75) is 100 Å². The zero-order valence-corrected chi connectivity index (χ0v) is 24.5. The first-order valence-corrected chi connectivity index (χ1v) is 14.3. The highest BCUT2D eigenvalue weighted by Crippen LogP contribution is 2.31. The number of benzene rings is 1. The molecule has 0 unspecified atom stereocenters. The van der Waals surface area contributed by atoms with Crippen molar-refractivity contribution < 1.29 is 0 Å². The summed E-state index contributed by atoms with van der Waals surface area (Å²) in [5.74, 6) is 2.75. The highest BCUT2D eigenvalue weighted by molar-refractivity contribution is 6.01. The third kappa shape index (κ3) is 7.66. The van der Waals surface area contributed by atoms with Crippen LogP contribution in [0.1, 0.15) is 98.4 Å². The van der Waals surface area contributed by atoms with Crippen molar-refractivity contribution >= 4 is 22.3 Å². The molecule has 0 bridgehead atoms. The quantitative estimate of drug-likeness (QED) is 0.223. The van der Waals surface area contributed by atoms with Gasteiger partial charge in [-0.25, -0.2) is 4.98 Å². The lowest BCUT2D eigenvalue weighted by molar-refractivity contribution is 0.321. The maximum absolute atomic E-state index is 5.21. The summed E-state index contributed by atoms with van der Waals surface area (Å²) in [5.41, 5.74) is 9.26. The Kier molecular flexibility index (Phi) is 10.3. The predicted molar refractivity (Wildman–Crippen MR) is 163 cm³/mol. The lowest BCUT2D eigenvalue weighted by Crippen LogP contribution is -2.15. The normalized spacial score (nSPS) is 16.3. The fourth-order valence-electron chi connectivity index (χ4n) is 5.42. The van der Waals surface area contributed by atoms with Crippen molar-refractivity contribution in [3.05, 3.63) is 71.6 Å². The van der Waals surface area contributed by atoms with E-state index in [4.69, 9.17) is 9.98 Å². The van der Waals surface area contributed by atoms with Gasteiger partial charge < -0.3 is 4.57 Å². The SMILES string of the molecule is C=C(CC(C)C)C(=NCc1ccc2c(c1)nc(C(/C=C(/C)C(=C)C)=C/C)n2CC1CCCCC1)C(C)C. The van der Waals surface area contributed by atoms with Gasteiger partial charge in [0.1, 0.15) is 5.82 Å². The van der Waals surface area contributed by atoms with Gasteiger partial charge in [0.25, 0.3) is 0 Å². The van der Waals surface area contributed by atoms with Crippen LogP contribution in [0.4, 0.5) is 0 Å². The number of fused-ring (bicyclic) bond motifs is 1. The number of allylic oxidation sites excluding steroid dienone is 6.